The van der Waals surface area contributed by atoms with Gasteiger partial charge in [0.25, 0.3) is 5.91 Å². The smallest absolute Gasteiger partial charge is 0.305 e. The molecular formula is C14H15N3O3S. The van der Waals surface area contributed by atoms with Crippen LogP contribution < -0.4 is 11.1 Å². The number of nitrogens with zero attached hydrogens (tertiary/aromatic N) is 1. The van der Waals surface area contributed by atoms with Crippen LogP contribution in [0.3, 0.4) is 0 Å². The van der Waals surface area contributed by atoms with Crippen LogP contribution in [0.2, 0.25) is 0 Å². The van der Waals surface area contributed by atoms with Gasteiger partial charge < -0.3 is 16.2 Å². The van der Waals surface area contributed by atoms with Gasteiger partial charge in [-0.05, 0) is 23.6 Å². The molecule has 0 aliphatic heterocycles. The van der Waals surface area contributed by atoms with Crippen molar-refractivity contribution in [2.24, 2.45) is 5.73 Å². The molecule has 1 atom stereocenters. The van der Waals surface area contributed by atoms with E-state index in [1.807, 2.05) is 11.4 Å². The zero-order valence-electron chi connectivity index (χ0n) is 11.2. The predicted octanol–water partition coefficient (Wildman–Crippen LogP) is 1.55. The van der Waals surface area contributed by atoms with Crippen molar-refractivity contribution in [3.05, 3.63) is 52.0 Å². The van der Waals surface area contributed by atoms with Crippen molar-refractivity contribution in [1.82, 2.24) is 10.3 Å². The Morgan fingerprint density at radius 2 is 2.24 bits per heavy atom. The van der Waals surface area contributed by atoms with Crippen LogP contribution in [0.25, 0.3) is 0 Å². The third-order valence-corrected chi connectivity index (χ3v) is 3.84. The Labute approximate surface area is 125 Å². The Balaban J connectivity index is 2.15. The summed E-state index contributed by atoms with van der Waals surface area (Å²) in [7, 11) is 0. The van der Waals surface area contributed by atoms with E-state index in [4.69, 9.17) is 10.8 Å². The minimum atomic E-state index is -0.967. The van der Waals surface area contributed by atoms with E-state index in [9.17, 15) is 9.59 Å². The number of carbonyl (C=O) groups excluding carboxylic acids is 1. The molecule has 0 saturated heterocycles. The monoisotopic (exact) mass is 305 g/mol. The maximum absolute atomic E-state index is 12.2. The van der Waals surface area contributed by atoms with Gasteiger partial charge >= 0.3 is 5.97 Å². The Morgan fingerprint density at radius 1 is 1.43 bits per heavy atom. The summed E-state index contributed by atoms with van der Waals surface area (Å²) in [6, 6.07) is 6.24. The van der Waals surface area contributed by atoms with Crippen molar-refractivity contribution in [1.29, 1.82) is 0 Å². The molecule has 2 aromatic heterocycles. The number of carbonyl (C=O) groups is 2. The molecule has 110 valence electrons. The van der Waals surface area contributed by atoms with Gasteiger partial charge in [-0.25, -0.2) is 0 Å². The molecule has 0 aliphatic carbocycles. The topological polar surface area (TPSA) is 105 Å². The number of thiophene rings is 1. The van der Waals surface area contributed by atoms with E-state index >= 15 is 0 Å². The number of aliphatic carboxylic acids is 1. The predicted molar refractivity (Wildman–Crippen MR) is 78.9 cm³/mol. The van der Waals surface area contributed by atoms with Gasteiger partial charge in [-0.2, -0.15) is 0 Å². The maximum atomic E-state index is 12.2. The van der Waals surface area contributed by atoms with Crippen LogP contribution in [0.5, 0.6) is 0 Å². The fraction of sp³-hybridized carbons (Fsp3) is 0.214. The van der Waals surface area contributed by atoms with Crippen LogP contribution in [0.15, 0.2) is 35.8 Å². The summed E-state index contributed by atoms with van der Waals surface area (Å²) in [6.07, 6.45) is 1.34. The van der Waals surface area contributed by atoms with E-state index in [2.05, 4.69) is 10.3 Å². The van der Waals surface area contributed by atoms with Crippen LogP contribution in [-0.2, 0) is 11.3 Å². The molecule has 21 heavy (non-hydrogen) atoms. The standard InChI is InChI=1S/C14H15N3O3S/c15-8-10-6-9(3-4-16-10)14(20)17-11(7-13(18)19)12-2-1-5-21-12/h1-6,11H,7-8,15H2,(H,17,20)(H,18,19). The molecule has 0 saturated carbocycles. The largest absolute Gasteiger partial charge is 0.481 e. The van der Waals surface area contributed by atoms with Crippen molar-refractivity contribution < 1.29 is 14.7 Å². The first-order valence-electron chi connectivity index (χ1n) is 6.31. The summed E-state index contributed by atoms with van der Waals surface area (Å²) < 4.78 is 0. The molecule has 7 heteroatoms. The van der Waals surface area contributed by atoms with Gasteiger partial charge in [0.2, 0.25) is 0 Å². The van der Waals surface area contributed by atoms with Crippen molar-refractivity contribution in [2.45, 2.75) is 19.0 Å². The number of hydrogen-bond acceptors (Lipinski definition) is 5. The molecule has 0 aliphatic rings. The number of carboxylic acids is 1. The fourth-order valence-corrected chi connectivity index (χ4v) is 2.64. The number of amides is 1. The van der Waals surface area contributed by atoms with Gasteiger partial charge in [0.15, 0.2) is 0 Å². The summed E-state index contributed by atoms with van der Waals surface area (Å²) in [4.78, 5) is 28.0. The van der Waals surface area contributed by atoms with E-state index < -0.39 is 12.0 Å². The summed E-state index contributed by atoms with van der Waals surface area (Å²) in [6.45, 7) is 0.241. The lowest BCUT2D eigenvalue weighted by Gasteiger charge is -2.15. The molecule has 6 nitrogen and oxygen atoms in total. The van der Waals surface area contributed by atoms with Gasteiger partial charge in [-0.15, -0.1) is 11.3 Å². The van der Waals surface area contributed by atoms with Crippen molar-refractivity contribution >= 4 is 23.2 Å². The van der Waals surface area contributed by atoms with Gasteiger partial charge in [0.1, 0.15) is 0 Å². The zero-order chi connectivity index (χ0) is 15.2. The summed E-state index contributed by atoms with van der Waals surface area (Å²) in [5, 5.41) is 13.6. The number of hydrogen-bond donors (Lipinski definition) is 3. The average Bonchev–Trinajstić information content (AvgIpc) is 3.00. The van der Waals surface area contributed by atoms with Crippen molar-refractivity contribution in [3.63, 3.8) is 0 Å². The van der Waals surface area contributed by atoms with E-state index in [0.717, 1.165) is 4.88 Å². The first-order chi connectivity index (χ1) is 10.1. The number of carboxylic acid groups (broad SMARTS) is 1. The molecule has 2 aromatic rings. The number of rotatable bonds is 6. The van der Waals surface area contributed by atoms with Crippen LogP contribution >= 0.6 is 11.3 Å². The Bertz CT molecular complexity index is 628. The average molecular weight is 305 g/mol. The molecular weight excluding hydrogens is 290 g/mol. The van der Waals surface area contributed by atoms with Crippen LogP contribution in [-0.4, -0.2) is 22.0 Å². The van der Waals surface area contributed by atoms with E-state index in [-0.39, 0.29) is 18.9 Å². The first kappa shape index (κ1) is 15.1. The van der Waals surface area contributed by atoms with E-state index in [1.165, 1.54) is 17.5 Å². The molecule has 2 rings (SSSR count). The van der Waals surface area contributed by atoms with Crippen LogP contribution in [0.1, 0.15) is 33.4 Å². The molecule has 1 amide bonds. The molecule has 4 N–H and O–H groups in total. The second-order valence-electron chi connectivity index (χ2n) is 4.38. The second kappa shape index (κ2) is 6.96. The third kappa shape index (κ3) is 4.11. The SMILES string of the molecule is NCc1cc(C(=O)NC(CC(=O)O)c2cccs2)ccn1. The zero-order valence-corrected chi connectivity index (χ0v) is 12.0. The molecule has 0 aromatic carbocycles. The van der Waals surface area contributed by atoms with Crippen LogP contribution in [0, 0.1) is 0 Å². The number of pyridine rings is 1. The number of nitrogens with two attached hydrogens (primary N) is 1. The molecule has 0 radical (unpaired) electrons. The highest BCUT2D eigenvalue weighted by Gasteiger charge is 2.19. The summed E-state index contributed by atoms with van der Waals surface area (Å²) in [5.74, 6) is -1.31. The Kier molecular flexibility index (Phi) is 5.02. The Morgan fingerprint density at radius 3 is 2.86 bits per heavy atom. The molecule has 0 spiro atoms. The summed E-state index contributed by atoms with van der Waals surface area (Å²) in [5.41, 5.74) is 6.51. The maximum Gasteiger partial charge on any atom is 0.305 e. The molecule has 0 fully saturated rings. The highest BCUT2D eigenvalue weighted by Crippen LogP contribution is 2.22. The minimum absolute atomic E-state index is 0.166. The fourth-order valence-electron chi connectivity index (χ4n) is 1.86. The Hall–Kier alpha value is -2.25. The van der Waals surface area contributed by atoms with Crippen LogP contribution in [0.4, 0.5) is 0 Å². The van der Waals surface area contributed by atoms with E-state index in [1.54, 1.807) is 18.2 Å². The lowest BCUT2D eigenvalue weighted by atomic mass is 10.1. The quantitative estimate of drug-likeness (QED) is 0.751. The first-order valence-corrected chi connectivity index (χ1v) is 7.19. The van der Waals surface area contributed by atoms with Gasteiger partial charge in [0.05, 0.1) is 18.2 Å². The number of aromatic nitrogens is 1. The lowest BCUT2D eigenvalue weighted by Crippen LogP contribution is -2.29. The minimum Gasteiger partial charge on any atom is -0.481 e. The highest BCUT2D eigenvalue weighted by atomic mass is 32.1. The summed E-state index contributed by atoms with van der Waals surface area (Å²) >= 11 is 1.41. The van der Waals surface area contributed by atoms with E-state index in [0.29, 0.717) is 11.3 Å². The third-order valence-electron chi connectivity index (χ3n) is 2.86. The molecule has 2 heterocycles. The van der Waals surface area contributed by atoms with Crippen molar-refractivity contribution in [2.75, 3.05) is 0 Å². The second-order valence-corrected chi connectivity index (χ2v) is 5.36. The molecule has 0 bridgehead atoms. The van der Waals surface area contributed by atoms with Gasteiger partial charge in [-0.3, -0.25) is 14.6 Å². The van der Waals surface area contributed by atoms with Gasteiger partial charge in [0, 0.05) is 23.2 Å². The highest BCUT2D eigenvalue weighted by molar-refractivity contribution is 7.10. The molecule has 1 unspecified atom stereocenters. The lowest BCUT2D eigenvalue weighted by molar-refractivity contribution is -0.137. The number of nitrogens with one attached hydrogen (secondary N) is 1. The van der Waals surface area contributed by atoms with Crippen molar-refractivity contribution in [3.8, 4) is 0 Å². The normalized spacial score (nSPS) is 11.9. The van der Waals surface area contributed by atoms with Gasteiger partial charge in [-0.1, -0.05) is 6.07 Å².